The molecule has 13 nitrogen and oxygen atoms in total. The number of hydrogen-bond donors (Lipinski definition) is 1. The highest BCUT2D eigenvalue weighted by molar-refractivity contribution is 7.92. The van der Waals surface area contributed by atoms with E-state index in [0.29, 0.717) is 31.2 Å². The van der Waals surface area contributed by atoms with Crippen LogP contribution in [0, 0.1) is 30.6 Å². The van der Waals surface area contributed by atoms with Crippen LogP contribution in [0.25, 0.3) is 0 Å². The molecule has 2 bridgehead atoms. The zero-order chi connectivity index (χ0) is 38.6. The van der Waals surface area contributed by atoms with Crippen molar-refractivity contribution in [1.29, 1.82) is 0 Å². The highest BCUT2D eigenvalue weighted by atomic mass is 32.2. The van der Waals surface area contributed by atoms with E-state index < -0.39 is 33.8 Å². The van der Waals surface area contributed by atoms with Gasteiger partial charge in [-0.1, -0.05) is 30.7 Å². The quantitative estimate of drug-likeness (QED) is 0.352. The summed E-state index contributed by atoms with van der Waals surface area (Å²) in [5, 5.41) is 4.16. The second-order valence-electron chi connectivity index (χ2n) is 16.4. The van der Waals surface area contributed by atoms with Crippen LogP contribution in [0.2, 0.25) is 0 Å². The number of carbonyl (C=O) groups is 3. The first-order chi connectivity index (χ1) is 26.4. The Morgan fingerprint density at radius 2 is 1.95 bits per heavy atom. The molecule has 14 heteroatoms. The predicted octanol–water partition coefficient (Wildman–Crippen LogP) is 5.18. The fourth-order valence-corrected chi connectivity index (χ4v) is 11.8. The van der Waals surface area contributed by atoms with Crippen molar-refractivity contribution in [2.45, 2.75) is 76.4 Å². The number of anilines is 1. The van der Waals surface area contributed by atoms with E-state index in [2.05, 4.69) is 44.2 Å². The summed E-state index contributed by atoms with van der Waals surface area (Å²) in [5.41, 5.74) is 4.74. The minimum absolute atomic E-state index is 0.0413. The molecular formula is C41H51N5O8S. The second kappa shape index (κ2) is 14.6. The van der Waals surface area contributed by atoms with Gasteiger partial charge in [-0.15, -0.1) is 9.46 Å². The lowest BCUT2D eigenvalue weighted by Gasteiger charge is -2.47. The molecule has 3 aromatic rings. The molecule has 1 aromatic heterocycles. The van der Waals surface area contributed by atoms with Crippen LogP contribution in [0.5, 0.6) is 11.6 Å². The van der Waals surface area contributed by atoms with Gasteiger partial charge in [0.15, 0.2) is 0 Å². The van der Waals surface area contributed by atoms with Crippen molar-refractivity contribution in [2.75, 3.05) is 44.6 Å². The molecule has 2 fully saturated rings. The topological polar surface area (TPSA) is 151 Å². The summed E-state index contributed by atoms with van der Waals surface area (Å²) in [6.07, 6.45) is 6.64. The van der Waals surface area contributed by atoms with Crippen molar-refractivity contribution in [3.05, 3.63) is 70.4 Å². The van der Waals surface area contributed by atoms with Gasteiger partial charge >= 0.3 is 5.97 Å². The summed E-state index contributed by atoms with van der Waals surface area (Å²) in [6, 6.07) is 12.0. The molecule has 8 rings (SSSR count). The number of benzene rings is 2. The second-order valence-corrected chi connectivity index (χ2v) is 18.4. The van der Waals surface area contributed by atoms with Crippen molar-refractivity contribution in [3.8, 4) is 11.6 Å². The van der Waals surface area contributed by atoms with Crippen LogP contribution in [0.1, 0.15) is 82.9 Å². The number of nitrogens with one attached hydrogen (secondary N) is 1. The Morgan fingerprint density at radius 3 is 2.71 bits per heavy atom. The molecule has 0 radical (unpaired) electrons. The van der Waals surface area contributed by atoms with Gasteiger partial charge in [-0.3, -0.25) is 23.8 Å². The lowest BCUT2D eigenvalue weighted by Crippen LogP contribution is -2.50. The van der Waals surface area contributed by atoms with Crippen molar-refractivity contribution in [3.63, 3.8) is 0 Å². The average molecular weight is 774 g/mol. The van der Waals surface area contributed by atoms with E-state index in [-0.39, 0.29) is 58.5 Å². The van der Waals surface area contributed by atoms with Gasteiger partial charge in [0.05, 0.1) is 37.7 Å². The first kappa shape index (κ1) is 37.5. The largest absolute Gasteiger partial charge is 0.490 e. The normalized spacial score (nSPS) is 31.8. The first-order valence-electron chi connectivity index (χ1n) is 19.4. The molecule has 4 heterocycles. The Hall–Kier alpha value is -4.43. The third-order valence-electron chi connectivity index (χ3n) is 12.7. The Kier molecular flexibility index (Phi) is 9.94. The molecule has 5 aliphatic rings. The monoisotopic (exact) mass is 773 g/mol. The Morgan fingerprint density at radius 1 is 1.11 bits per heavy atom. The lowest BCUT2D eigenvalue weighted by molar-refractivity contribution is -0.143. The molecular weight excluding hydrogens is 723 g/mol. The summed E-state index contributed by atoms with van der Waals surface area (Å²) in [4.78, 5) is 43.2. The summed E-state index contributed by atoms with van der Waals surface area (Å²) in [7, 11) is 0.965. The number of ether oxygens (including phenoxy) is 4. The van der Waals surface area contributed by atoms with Gasteiger partial charge in [0, 0.05) is 56.3 Å². The smallest absolute Gasteiger partial charge is 0.306 e. The average Bonchev–Trinajstić information content (AvgIpc) is 3.67. The maximum atomic E-state index is 14.9. The van der Waals surface area contributed by atoms with Gasteiger partial charge in [0.1, 0.15) is 27.3 Å². The zero-order valence-electron chi connectivity index (χ0n) is 32.2. The van der Waals surface area contributed by atoms with E-state index in [0.717, 1.165) is 44.3 Å². The molecule has 2 amide bonds. The predicted molar refractivity (Wildman–Crippen MR) is 206 cm³/mol. The number of aryl methyl sites for hydroxylation is 3. The van der Waals surface area contributed by atoms with E-state index in [1.54, 1.807) is 26.3 Å². The van der Waals surface area contributed by atoms with E-state index in [1.807, 2.05) is 13.0 Å². The maximum absolute atomic E-state index is 14.9. The molecule has 2 aliphatic carbocycles. The number of carbonyl (C=O) groups excluding carboxylic acids is 3. The summed E-state index contributed by atoms with van der Waals surface area (Å²) < 4.78 is 47.3. The molecule has 1 unspecified atom stereocenters. The van der Waals surface area contributed by atoms with Crippen LogP contribution >= 0.6 is 0 Å². The Balaban J connectivity index is 1.23. The van der Waals surface area contributed by atoms with Gasteiger partial charge in [-0.2, -0.15) is 0 Å². The molecule has 1 saturated heterocycles. The lowest BCUT2D eigenvalue weighted by atomic mass is 9.67. The van der Waals surface area contributed by atoms with Gasteiger partial charge in [0.25, 0.3) is 11.8 Å². The third-order valence-corrected chi connectivity index (χ3v) is 14.6. The molecule has 55 heavy (non-hydrogen) atoms. The number of rotatable bonds is 4. The molecule has 2 aromatic carbocycles. The molecule has 1 spiro atoms. The van der Waals surface area contributed by atoms with E-state index in [1.165, 1.54) is 34.7 Å². The van der Waals surface area contributed by atoms with Crippen LogP contribution in [0.4, 0.5) is 5.69 Å². The number of esters is 1. The summed E-state index contributed by atoms with van der Waals surface area (Å²) in [5.74, 6) is -1.46. The Labute approximate surface area is 322 Å². The van der Waals surface area contributed by atoms with Gasteiger partial charge in [-0.25, -0.2) is 4.21 Å². The number of methoxy groups -OCH3 is 2. The van der Waals surface area contributed by atoms with Crippen LogP contribution in [0.3, 0.4) is 0 Å². The third kappa shape index (κ3) is 7.11. The van der Waals surface area contributed by atoms with Gasteiger partial charge < -0.3 is 23.8 Å². The van der Waals surface area contributed by atoms with Gasteiger partial charge in [0.2, 0.25) is 5.88 Å². The fourth-order valence-electron chi connectivity index (χ4n) is 9.88. The summed E-state index contributed by atoms with van der Waals surface area (Å²) in [6.45, 7) is 5.90. The number of aromatic nitrogens is 2. The zero-order valence-corrected chi connectivity index (χ0v) is 33.1. The van der Waals surface area contributed by atoms with Crippen molar-refractivity contribution < 1.29 is 37.5 Å². The summed E-state index contributed by atoms with van der Waals surface area (Å²) >= 11 is 0. The van der Waals surface area contributed by atoms with Crippen LogP contribution in [-0.2, 0) is 43.1 Å². The van der Waals surface area contributed by atoms with Crippen LogP contribution in [0.15, 0.2) is 47.0 Å². The highest BCUT2D eigenvalue weighted by Crippen LogP contribution is 2.48. The molecule has 1 saturated carbocycles. The first-order valence-corrected chi connectivity index (χ1v) is 21.1. The fraction of sp³-hybridized carbons (Fsp3) is 0.561. The minimum atomic E-state index is -3.80. The molecule has 3 aliphatic heterocycles. The Bertz CT molecular complexity index is 2140. The number of nitrogens with zero attached hydrogens (tertiary/aromatic N) is 4. The van der Waals surface area contributed by atoms with Crippen LogP contribution in [-0.4, -0.2) is 83.6 Å². The standard InChI is InChI=1S/C41H51N5O8S/c1-24-8-12-32-26(15-24)7-6-14-41(32)22-46-19-28-9-11-30(28)35(51-4)17-29-18-36(47)54-37(29)25(2)21-55(50,44-39(49)31-20-45(3)42-40(31)52-5)43-38(48)27-10-13-34(53-23-41)33(46)16-27/h8,10,12-13,15-16,20,25,28-30,35,37H,6-7,9,11,14,17-19,21-23H2,1-5H3,(H,43,44,48,49,50)/t25-,28+,29+,30-,35+,37-,41+,55?/m1/s1. The maximum Gasteiger partial charge on any atom is 0.306 e. The number of fused-ring (bicyclic) bond motifs is 5. The SMILES string of the molecule is COc1nn(C)cc1C(=O)NS1(=O)=NC(=O)c2ccc3c(c2)N(C[C@@H]2CC[C@H]2[C@@H](OC)C[C@H]2CC(=O)O[C@@H]2[C@H](C)C1)C[C@@]1(CCCc2cc(C)ccc21)CO3. The number of hydrogen-bond acceptors (Lipinski definition) is 10. The van der Waals surface area contributed by atoms with Crippen molar-refractivity contribution in [2.24, 2.45) is 35.1 Å². The van der Waals surface area contributed by atoms with Gasteiger partial charge in [-0.05, 0) is 86.6 Å². The van der Waals surface area contributed by atoms with Crippen molar-refractivity contribution in [1.82, 2.24) is 14.5 Å². The molecule has 1 N–H and O–H groups in total. The minimum Gasteiger partial charge on any atom is -0.490 e. The van der Waals surface area contributed by atoms with Crippen molar-refractivity contribution >= 4 is 33.4 Å². The molecule has 294 valence electrons. The van der Waals surface area contributed by atoms with E-state index >= 15 is 0 Å². The van der Waals surface area contributed by atoms with Crippen LogP contribution < -0.4 is 19.1 Å². The van der Waals surface area contributed by atoms with E-state index in [9.17, 15) is 18.6 Å². The highest BCUT2D eigenvalue weighted by Gasteiger charge is 2.47. The van der Waals surface area contributed by atoms with E-state index in [4.69, 9.17) is 18.9 Å². The molecule has 8 atom stereocenters. The number of amides is 2.